The maximum absolute atomic E-state index is 12.4. The number of aliphatic hydroxyl groups is 2. The van der Waals surface area contributed by atoms with Crippen LogP contribution in [0, 0.1) is 0 Å². The van der Waals surface area contributed by atoms with Crippen LogP contribution in [-0.4, -0.2) is 62.8 Å². The predicted octanol–water partition coefficient (Wildman–Crippen LogP) is -2.23. The third-order valence-corrected chi connectivity index (χ3v) is 3.96. The van der Waals surface area contributed by atoms with Crippen molar-refractivity contribution in [3.63, 3.8) is 0 Å². The molecule has 0 bridgehead atoms. The van der Waals surface area contributed by atoms with E-state index in [0.29, 0.717) is 5.65 Å². The van der Waals surface area contributed by atoms with Crippen LogP contribution in [0.2, 0.25) is 0 Å². The highest BCUT2D eigenvalue weighted by Crippen LogP contribution is 2.15. The van der Waals surface area contributed by atoms with Gasteiger partial charge in [0.05, 0.1) is 24.7 Å². The summed E-state index contributed by atoms with van der Waals surface area (Å²) in [7, 11) is 4.39. The second-order valence-electron chi connectivity index (χ2n) is 5.66. The van der Waals surface area contributed by atoms with E-state index in [1.807, 2.05) is 0 Å². The molecule has 2 rings (SSSR count). The van der Waals surface area contributed by atoms with E-state index in [-0.39, 0.29) is 30.8 Å². The molecule has 0 saturated heterocycles. The van der Waals surface area contributed by atoms with Crippen LogP contribution < -0.4 is 16.6 Å². The molecule has 10 nitrogen and oxygen atoms in total. The van der Waals surface area contributed by atoms with Crippen molar-refractivity contribution in [2.75, 3.05) is 26.9 Å². The third kappa shape index (κ3) is 3.50. The molecule has 0 fully saturated rings. The van der Waals surface area contributed by atoms with Gasteiger partial charge in [-0.2, -0.15) is 0 Å². The maximum Gasteiger partial charge on any atom is 0.332 e. The molecule has 1 atom stereocenters. The van der Waals surface area contributed by atoms with Gasteiger partial charge in [0.15, 0.2) is 0 Å². The van der Waals surface area contributed by atoms with Crippen LogP contribution >= 0.6 is 0 Å². The average molecular weight is 354 g/mol. The summed E-state index contributed by atoms with van der Waals surface area (Å²) in [5.41, 5.74) is -0.524. The largest absolute Gasteiger partial charge is 0.394 e. The van der Waals surface area contributed by atoms with E-state index in [9.17, 15) is 19.5 Å². The van der Waals surface area contributed by atoms with Crippen LogP contribution in [0.5, 0.6) is 0 Å². The average Bonchev–Trinajstić information content (AvgIpc) is 3.00. The second-order valence-corrected chi connectivity index (χ2v) is 5.66. The van der Waals surface area contributed by atoms with E-state index >= 15 is 0 Å². The van der Waals surface area contributed by atoms with Gasteiger partial charge in [-0.25, -0.2) is 4.79 Å². The molecule has 138 valence electrons. The molecule has 10 heteroatoms. The van der Waals surface area contributed by atoms with E-state index < -0.39 is 29.9 Å². The van der Waals surface area contributed by atoms with E-state index in [4.69, 9.17) is 9.84 Å². The van der Waals surface area contributed by atoms with Crippen LogP contribution in [0.15, 0.2) is 15.7 Å². The number of hydrogen-bond donors (Lipinski definition) is 3. The number of hydrogen-bond acceptors (Lipinski definition) is 6. The molecule has 0 radical (unpaired) electrons. The Balaban J connectivity index is 2.61. The number of ether oxygens (including phenoxy) is 1. The van der Waals surface area contributed by atoms with Crippen molar-refractivity contribution in [1.82, 2.24) is 19.0 Å². The second kappa shape index (κ2) is 7.64. The number of methoxy groups -OCH3 is 1. The lowest BCUT2D eigenvalue weighted by atomic mass is 10.3. The molecule has 1 unspecified atom stereocenters. The SMILES string of the molecule is COCCn1c(C(=O)NCC(O)CO)cc2c(=O)n(C)c(=O)n(C)c21. The molecule has 3 N–H and O–H groups in total. The number of rotatable bonds is 7. The number of carbonyl (C=O) groups is 1. The van der Waals surface area contributed by atoms with Gasteiger partial charge in [0, 0.05) is 34.3 Å². The normalized spacial score (nSPS) is 12.5. The van der Waals surface area contributed by atoms with E-state index in [1.54, 1.807) is 0 Å². The highest BCUT2D eigenvalue weighted by Gasteiger charge is 2.21. The van der Waals surface area contributed by atoms with Crippen LogP contribution in [-0.2, 0) is 25.4 Å². The van der Waals surface area contributed by atoms with E-state index in [0.717, 1.165) is 4.57 Å². The zero-order valence-electron chi connectivity index (χ0n) is 14.4. The molecule has 0 aliphatic rings. The van der Waals surface area contributed by atoms with Gasteiger partial charge in [0.1, 0.15) is 11.3 Å². The number of carbonyl (C=O) groups excluding carboxylic acids is 1. The first-order valence-corrected chi connectivity index (χ1v) is 7.68. The number of amides is 1. The zero-order valence-corrected chi connectivity index (χ0v) is 14.4. The quantitative estimate of drug-likeness (QED) is 0.516. The standard InChI is InChI=1S/C15H22N4O6/c1-17-13-10(14(23)18(2)15(17)24)6-11(19(13)4-5-25-3)12(22)16-7-9(21)8-20/h6,9,20-21H,4-5,7-8H2,1-3H3,(H,16,22). The first-order valence-electron chi connectivity index (χ1n) is 7.68. The zero-order chi connectivity index (χ0) is 18.7. The fourth-order valence-corrected chi connectivity index (χ4v) is 2.60. The summed E-state index contributed by atoms with van der Waals surface area (Å²) in [4.78, 5) is 37.0. The fraction of sp³-hybridized carbons (Fsp3) is 0.533. The van der Waals surface area contributed by atoms with Gasteiger partial charge >= 0.3 is 5.69 Å². The van der Waals surface area contributed by atoms with Crippen LogP contribution in [0.25, 0.3) is 11.0 Å². The monoisotopic (exact) mass is 354 g/mol. The van der Waals surface area contributed by atoms with Crippen LogP contribution in [0.1, 0.15) is 10.5 Å². The summed E-state index contributed by atoms with van der Waals surface area (Å²) in [5.74, 6) is -0.533. The Bertz CT molecular complexity index is 894. The highest BCUT2D eigenvalue weighted by molar-refractivity contribution is 5.97. The molecule has 0 aromatic carbocycles. The summed E-state index contributed by atoms with van der Waals surface area (Å²) in [6.45, 7) is -0.0987. The molecule has 2 heterocycles. The molecule has 0 aliphatic heterocycles. The summed E-state index contributed by atoms with van der Waals surface area (Å²) < 4.78 is 8.84. The lowest BCUT2D eigenvalue weighted by Crippen LogP contribution is -2.37. The Hall–Kier alpha value is -2.43. The minimum atomic E-state index is -1.09. The van der Waals surface area contributed by atoms with Crippen molar-refractivity contribution in [3.8, 4) is 0 Å². The Morgan fingerprint density at radius 3 is 2.60 bits per heavy atom. The van der Waals surface area contributed by atoms with Gasteiger partial charge < -0.3 is 24.8 Å². The summed E-state index contributed by atoms with van der Waals surface area (Å²) >= 11 is 0. The lowest BCUT2D eigenvalue weighted by molar-refractivity contribution is 0.0795. The number of fused-ring (bicyclic) bond motifs is 1. The van der Waals surface area contributed by atoms with Crippen molar-refractivity contribution in [1.29, 1.82) is 0 Å². The number of nitrogens with zero attached hydrogens (tertiary/aromatic N) is 3. The molecular weight excluding hydrogens is 332 g/mol. The number of aliphatic hydroxyl groups excluding tert-OH is 2. The summed E-state index contributed by atoms with van der Waals surface area (Å²) in [6, 6.07) is 1.41. The van der Waals surface area contributed by atoms with Crippen molar-refractivity contribution < 1.29 is 19.7 Å². The Kier molecular flexibility index (Phi) is 5.77. The molecule has 2 aromatic heterocycles. The van der Waals surface area contributed by atoms with Gasteiger partial charge in [-0.3, -0.25) is 18.7 Å². The van der Waals surface area contributed by atoms with Crippen molar-refractivity contribution in [2.24, 2.45) is 14.1 Å². The van der Waals surface area contributed by atoms with Crippen molar-refractivity contribution in [2.45, 2.75) is 12.6 Å². The highest BCUT2D eigenvalue weighted by atomic mass is 16.5. The third-order valence-electron chi connectivity index (χ3n) is 3.96. The van der Waals surface area contributed by atoms with Gasteiger partial charge in [-0.15, -0.1) is 0 Å². The lowest BCUT2D eigenvalue weighted by Gasteiger charge is -2.13. The summed E-state index contributed by atoms with van der Waals surface area (Å²) in [6.07, 6.45) is -1.09. The summed E-state index contributed by atoms with van der Waals surface area (Å²) in [5, 5.41) is 20.9. The molecule has 25 heavy (non-hydrogen) atoms. The first kappa shape index (κ1) is 18.9. The Morgan fingerprint density at radius 2 is 2.00 bits per heavy atom. The Labute approximate surface area is 142 Å². The van der Waals surface area contributed by atoms with Gasteiger partial charge in [-0.1, -0.05) is 0 Å². The minimum Gasteiger partial charge on any atom is -0.394 e. The van der Waals surface area contributed by atoms with Crippen LogP contribution in [0.3, 0.4) is 0 Å². The van der Waals surface area contributed by atoms with Gasteiger partial charge in [0.25, 0.3) is 11.5 Å². The van der Waals surface area contributed by atoms with Gasteiger partial charge in [-0.05, 0) is 6.07 Å². The van der Waals surface area contributed by atoms with Crippen molar-refractivity contribution >= 4 is 16.9 Å². The molecule has 0 aliphatic carbocycles. The fourth-order valence-electron chi connectivity index (χ4n) is 2.60. The van der Waals surface area contributed by atoms with Gasteiger partial charge in [0.2, 0.25) is 0 Å². The maximum atomic E-state index is 12.4. The van der Waals surface area contributed by atoms with E-state index in [1.165, 1.54) is 36.4 Å². The van der Waals surface area contributed by atoms with Crippen LogP contribution in [0.4, 0.5) is 0 Å². The number of aromatic nitrogens is 3. The Morgan fingerprint density at radius 1 is 1.32 bits per heavy atom. The van der Waals surface area contributed by atoms with Crippen molar-refractivity contribution in [3.05, 3.63) is 32.6 Å². The number of nitrogens with one attached hydrogen (secondary N) is 1. The first-order chi connectivity index (χ1) is 11.8. The smallest absolute Gasteiger partial charge is 0.332 e. The topological polar surface area (TPSA) is 128 Å². The molecule has 1 amide bonds. The minimum absolute atomic E-state index is 0.141. The molecule has 2 aromatic rings. The van der Waals surface area contributed by atoms with E-state index in [2.05, 4.69) is 5.32 Å². The molecular formula is C15H22N4O6. The molecule has 0 spiro atoms. The predicted molar refractivity (Wildman–Crippen MR) is 89.7 cm³/mol. The molecule has 0 saturated carbocycles. The number of aryl methyl sites for hydroxylation is 1.